The van der Waals surface area contributed by atoms with Crippen LogP contribution in [0.4, 0.5) is 0 Å². The SMILES string of the molecule is Cc1cccc(/C=C/c2nc3ccccc3n2CC2C=CC=C2)c1. The molecule has 0 N–H and O–H groups in total. The molecule has 0 saturated heterocycles. The summed E-state index contributed by atoms with van der Waals surface area (Å²) in [5, 5.41) is 0. The number of fused-ring (bicyclic) bond motifs is 1. The summed E-state index contributed by atoms with van der Waals surface area (Å²) >= 11 is 0. The number of para-hydroxylation sites is 2. The number of allylic oxidation sites excluding steroid dienone is 4. The van der Waals surface area contributed by atoms with Gasteiger partial charge in [0.1, 0.15) is 5.82 Å². The van der Waals surface area contributed by atoms with E-state index in [-0.39, 0.29) is 0 Å². The summed E-state index contributed by atoms with van der Waals surface area (Å²) in [6, 6.07) is 16.9. The second kappa shape index (κ2) is 6.32. The Hall–Kier alpha value is -2.87. The van der Waals surface area contributed by atoms with Gasteiger partial charge in [0.25, 0.3) is 0 Å². The number of aryl methyl sites for hydroxylation is 1. The van der Waals surface area contributed by atoms with E-state index in [0.29, 0.717) is 5.92 Å². The van der Waals surface area contributed by atoms with Crippen molar-refractivity contribution < 1.29 is 0 Å². The van der Waals surface area contributed by atoms with Crippen molar-refractivity contribution >= 4 is 23.2 Å². The van der Waals surface area contributed by atoms with Crippen molar-refractivity contribution in [1.82, 2.24) is 9.55 Å². The summed E-state index contributed by atoms with van der Waals surface area (Å²) in [5.74, 6) is 1.44. The van der Waals surface area contributed by atoms with Crippen molar-refractivity contribution in [2.24, 2.45) is 5.92 Å². The highest BCUT2D eigenvalue weighted by Crippen LogP contribution is 2.22. The maximum absolute atomic E-state index is 4.82. The van der Waals surface area contributed by atoms with Gasteiger partial charge in [0.05, 0.1) is 11.0 Å². The second-order valence-electron chi connectivity index (χ2n) is 6.25. The Morgan fingerprint density at radius 1 is 1.00 bits per heavy atom. The van der Waals surface area contributed by atoms with Gasteiger partial charge in [-0.15, -0.1) is 0 Å². The Morgan fingerprint density at radius 2 is 1.83 bits per heavy atom. The van der Waals surface area contributed by atoms with Crippen molar-refractivity contribution in [3.63, 3.8) is 0 Å². The van der Waals surface area contributed by atoms with Gasteiger partial charge >= 0.3 is 0 Å². The smallest absolute Gasteiger partial charge is 0.133 e. The molecule has 0 spiro atoms. The summed E-state index contributed by atoms with van der Waals surface area (Å²) in [5.41, 5.74) is 4.71. The average Bonchev–Trinajstić information content (AvgIpc) is 3.22. The summed E-state index contributed by atoms with van der Waals surface area (Å²) in [7, 11) is 0. The number of nitrogens with zero attached hydrogens (tertiary/aromatic N) is 2. The zero-order chi connectivity index (χ0) is 16.4. The molecule has 1 aliphatic carbocycles. The topological polar surface area (TPSA) is 17.8 Å². The fourth-order valence-electron chi connectivity index (χ4n) is 3.17. The molecule has 3 aromatic rings. The molecule has 2 heteroatoms. The van der Waals surface area contributed by atoms with E-state index in [1.165, 1.54) is 16.6 Å². The molecule has 0 aliphatic heterocycles. The Balaban J connectivity index is 1.73. The summed E-state index contributed by atoms with van der Waals surface area (Å²) in [4.78, 5) is 4.82. The van der Waals surface area contributed by atoms with E-state index >= 15 is 0 Å². The number of hydrogen-bond donors (Lipinski definition) is 0. The monoisotopic (exact) mass is 312 g/mol. The minimum absolute atomic E-state index is 0.439. The lowest BCUT2D eigenvalue weighted by Crippen LogP contribution is -2.07. The van der Waals surface area contributed by atoms with Crippen LogP contribution in [-0.2, 0) is 6.54 Å². The van der Waals surface area contributed by atoms with Crippen molar-refractivity contribution in [2.75, 3.05) is 0 Å². The van der Waals surface area contributed by atoms with Crippen LogP contribution in [0.2, 0.25) is 0 Å². The molecular weight excluding hydrogens is 292 g/mol. The van der Waals surface area contributed by atoms with Gasteiger partial charge < -0.3 is 4.57 Å². The first kappa shape index (κ1) is 14.7. The van der Waals surface area contributed by atoms with E-state index in [2.05, 4.69) is 90.4 Å². The Morgan fingerprint density at radius 3 is 2.67 bits per heavy atom. The van der Waals surface area contributed by atoms with E-state index < -0.39 is 0 Å². The molecule has 24 heavy (non-hydrogen) atoms. The van der Waals surface area contributed by atoms with Crippen LogP contribution in [0, 0.1) is 12.8 Å². The summed E-state index contributed by atoms with van der Waals surface area (Å²) in [6.07, 6.45) is 13.0. The number of hydrogen-bond acceptors (Lipinski definition) is 1. The quantitative estimate of drug-likeness (QED) is 0.642. The number of benzene rings is 2. The molecule has 0 radical (unpaired) electrons. The summed E-state index contributed by atoms with van der Waals surface area (Å²) in [6.45, 7) is 3.03. The molecule has 118 valence electrons. The molecule has 2 aromatic carbocycles. The molecule has 1 aromatic heterocycles. The first-order valence-electron chi connectivity index (χ1n) is 8.34. The third-order valence-corrected chi connectivity index (χ3v) is 4.37. The molecule has 0 atom stereocenters. The van der Waals surface area contributed by atoms with E-state index in [4.69, 9.17) is 4.98 Å². The van der Waals surface area contributed by atoms with Gasteiger partial charge in [-0.25, -0.2) is 4.98 Å². The minimum atomic E-state index is 0.439. The van der Waals surface area contributed by atoms with Gasteiger partial charge in [0, 0.05) is 12.5 Å². The van der Waals surface area contributed by atoms with E-state index in [0.717, 1.165) is 17.9 Å². The Kier molecular flexibility index (Phi) is 3.87. The highest BCUT2D eigenvalue weighted by atomic mass is 15.1. The minimum Gasteiger partial charge on any atom is -0.324 e. The third-order valence-electron chi connectivity index (χ3n) is 4.37. The fraction of sp³-hybridized carbons (Fsp3) is 0.136. The van der Waals surface area contributed by atoms with E-state index in [1.807, 2.05) is 6.07 Å². The lowest BCUT2D eigenvalue weighted by molar-refractivity contribution is 0.630. The van der Waals surface area contributed by atoms with Gasteiger partial charge in [0.2, 0.25) is 0 Å². The van der Waals surface area contributed by atoms with Crippen LogP contribution in [-0.4, -0.2) is 9.55 Å². The fourth-order valence-corrected chi connectivity index (χ4v) is 3.17. The maximum atomic E-state index is 4.82. The molecule has 0 unspecified atom stereocenters. The van der Waals surface area contributed by atoms with Crippen LogP contribution in [0.5, 0.6) is 0 Å². The third kappa shape index (κ3) is 2.95. The number of rotatable bonds is 4. The predicted octanol–water partition coefficient (Wildman–Crippen LogP) is 5.26. The Labute approximate surface area is 142 Å². The second-order valence-corrected chi connectivity index (χ2v) is 6.25. The standard InChI is InChI=1S/C22H20N2/c1-17-7-6-10-18(15-17)13-14-22-23-20-11-4-5-12-21(20)24(22)16-19-8-2-3-9-19/h2-15,19H,16H2,1H3/b14-13+. The largest absolute Gasteiger partial charge is 0.324 e. The van der Waals surface area contributed by atoms with E-state index in [9.17, 15) is 0 Å². The molecule has 0 saturated carbocycles. The molecule has 0 amide bonds. The first-order valence-corrected chi connectivity index (χ1v) is 8.34. The molecule has 0 fully saturated rings. The highest BCUT2D eigenvalue weighted by molar-refractivity contribution is 5.80. The van der Waals surface area contributed by atoms with Crippen LogP contribution in [0.15, 0.2) is 72.8 Å². The van der Waals surface area contributed by atoms with Crippen LogP contribution >= 0.6 is 0 Å². The lowest BCUT2D eigenvalue weighted by Gasteiger charge is -2.10. The predicted molar refractivity (Wildman–Crippen MR) is 102 cm³/mol. The molecule has 1 heterocycles. The highest BCUT2D eigenvalue weighted by Gasteiger charge is 2.12. The molecule has 2 nitrogen and oxygen atoms in total. The van der Waals surface area contributed by atoms with Gasteiger partial charge in [-0.2, -0.15) is 0 Å². The Bertz CT molecular complexity index is 945. The lowest BCUT2D eigenvalue weighted by atomic mass is 10.1. The van der Waals surface area contributed by atoms with Gasteiger partial charge in [-0.05, 0) is 30.7 Å². The normalized spacial score (nSPS) is 14.4. The maximum Gasteiger partial charge on any atom is 0.133 e. The molecular formula is C22H20N2. The van der Waals surface area contributed by atoms with Crippen LogP contribution in [0.25, 0.3) is 23.2 Å². The van der Waals surface area contributed by atoms with Crippen molar-refractivity contribution in [1.29, 1.82) is 0 Å². The zero-order valence-electron chi connectivity index (χ0n) is 13.8. The van der Waals surface area contributed by atoms with Crippen molar-refractivity contribution in [2.45, 2.75) is 13.5 Å². The average molecular weight is 312 g/mol. The van der Waals surface area contributed by atoms with Gasteiger partial charge in [0.15, 0.2) is 0 Å². The zero-order valence-corrected chi connectivity index (χ0v) is 13.8. The van der Waals surface area contributed by atoms with Crippen LogP contribution < -0.4 is 0 Å². The number of imidazole rings is 1. The molecule has 0 bridgehead atoms. The molecule has 1 aliphatic rings. The van der Waals surface area contributed by atoms with Crippen LogP contribution in [0.3, 0.4) is 0 Å². The van der Waals surface area contributed by atoms with Crippen molar-refractivity contribution in [3.8, 4) is 0 Å². The first-order chi connectivity index (χ1) is 11.8. The van der Waals surface area contributed by atoms with Crippen molar-refractivity contribution in [3.05, 3.63) is 89.8 Å². The van der Waals surface area contributed by atoms with E-state index in [1.54, 1.807) is 0 Å². The number of aromatic nitrogens is 2. The molecule has 4 rings (SSSR count). The summed E-state index contributed by atoms with van der Waals surface area (Å²) < 4.78 is 2.31. The van der Waals surface area contributed by atoms with Gasteiger partial charge in [-0.1, -0.05) is 72.3 Å². The van der Waals surface area contributed by atoms with Gasteiger partial charge in [-0.3, -0.25) is 0 Å². The van der Waals surface area contributed by atoms with Crippen LogP contribution in [0.1, 0.15) is 17.0 Å².